The van der Waals surface area contributed by atoms with Crippen LogP contribution >= 0.6 is 11.9 Å². The fourth-order valence-electron chi connectivity index (χ4n) is 3.98. The fraction of sp³-hybridized carbons (Fsp3) is 0.192. The molecule has 0 fully saturated rings. The molecule has 156 valence electrons. The van der Waals surface area contributed by atoms with Crippen LogP contribution in [0.4, 0.5) is 0 Å². The third-order valence-corrected chi connectivity index (χ3v) is 6.18. The molecule has 0 aliphatic heterocycles. The molecule has 0 bridgehead atoms. The molecule has 1 heterocycles. The van der Waals surface area contributed by atoms with E-state index in [9.17, 15) is 9.59 Å². The van der Waals surface area contributed by atoms with E-state index in [1.807, 2.05) is 62.4 Å². The summed E-state index contributed by atoms with van der Waals surface area (Å²) in [5.41, 5.74) is 6.36. The molecule has 0 N–H and O–H groups in total. The Morgan fingerprint density at radius 3 is 2.13 bits per heavy atom. The zero-order valence-electron chi connectivity index (χ0n) is 18.1. The van der Waals surface area contributed by atoms with Crippen LogP contribution in [0, 0.1) is 6.92 Å². The van der Waals surface area contributed by atoms with E-state index in [4.69, 9.17) is 0 Å². The van der Waals surface area contributed by atoms with Crippen molar-refractivity contribution >= 4 is 50.4 Å². The molecule has 0 amide bonds. The smallest absolute Gasteiger partial charge is 0.207 e. The minimum absolute atomic E-state index is 0.0316. The zero-order chi connectivity index (χ0) is 22.1. The molecule has 0 saturated carbocycles. The summed E-state index contributed by atoms with van der Waals surface area (Å²) in [4.78, 5) is 24.5. The van der Waals surface area contributed by atoms with Crippen LogP contribution in [0.2, 0.25) is 0 Å². The number of carbonyl (C=O) groups is 2. The summed E-state index contributed by atoms with van der Waals surface area (Å²) in [6.45, 7) is 8.32. The van der Waals surface area contributed by atoms with Crippen LogP contribution < -0.4 is 0 Å². The molecule has 0 unspecified atom stereocenters. The van der Waals surface area contributed by atoms with Crippen LogP contribution in [-0.4, -0.2) is 21.2 Å². The molecular formula is C26H24N2O2S. The van der Waals surface area contributed by atoms with Gasteiger partial charge in [0.05, 0.1) is 5.71 Å². The van der Waals surface area contributed by atoms with Crippen molar-refractivity contribution in [2.75, 3.05) is 0 Å². The second kappa shape index (κ2) is 8.52. The van der Waals surface area contributed by atoms with Gasteiger partial charge in [0, 0.05) is 58.3 Å². The van der Waals surface area contributed by atoms with E-state index >= 15 is 0 Å². The van der Waals surface area contributed by atoms with Crippen LogP contribution in [0.3, 0.4) is 0 Å². The molecule has 1 aromatic heterocycles. The first-order chi connectivity index (χ1) is 14.9. The van der Waals surface area contributed by atoms with Crippen LogP contribution in [0.5, 0.6) is 0 Å². The first-order valence-electron chi connectivity index (χ1n) is 10.3. The number of hydrogen-bond donors (Lipinski definition) is 0. The van der Waals surface area contributed by atoms with Crippen LogP contribution in [-0.2, 0) is 11.3 Å². The Bertz CT molecular complexity index is 1360. The third kappa shape index (κ3) is 3.93. The first-order valence-corrected chi connectivity index (χ1v) is 11.1. The highest BCUT2D eigenvalue weighted by Gasteiger charge is 2.16. The fourth-order valence-corrected chi connectivity index (χ4v) is 4.35. The number of aromatic nitrogens is 1. The highest BCUT2D eigenvalue weighted by atomic mass is 32.2. The quantitative estimate of drug-likeness (QED) is 0.211. The Morgan fingerprint density at radius 2 is 1.52 bits per heavy atom. The van der Waals surface area contributed by atoms with Gasteiger partial charge in [0.25, 0.3) is 0 Å². The van der Waals surface area contributed by atoms with Crippen molar-refractivity contribution in [3.63, 3.8) is 0 Å². The van der Waals surface area contributed by atoms with E-state index in [0.29, 0.717) is 5.56 Å². The highest BCUT2D eigenvalue weighted by molar-refractivity contribution is 8.12. The lowest BCUT2D eigenvalue weighted by molar-refractivity contribution is -0.109. The van der Waals surface area contributed by atoms with Gasteiger partial charge >= 0.3 is 0 Å². The van der Waals surface area contributed by atoms with Gasteiger partial charge in [-0.05, 0) is 62.2 Å². The number of aryl methyl sites for hydroxylation is 2. The summed E-state index contributed by atoms with van der Waals surface area (Å²) in [6, 6.07) is 19.9. The van der Waals surface area contributed by atoms with Crippen molar-refractivity contribution in [1.82, 2.24) is 4.57 Å². The van der Waals surface area contributed by atoms with Gasteiger partial charge in [0.2, 0.25) is 5.12 Å². The van der Waals surface area contributed by atoms with E-state index in [1.165, 1.54) is 6.92 Å². The molecule has 0 aliphatic carbocycles. The normalized spacial score (nSPS) is 11.9. The second-order valence-electron chi connectivity index (χ2n) is 7.61. The lowest BCUT2D eigenvalue weighted by Gasteiger charge is -2.06. The first kappa shape index (κ1) is 21.1. The van der Waals surface area contributed by atoms with Crippen LogP contribution in [0.1, 0.15) is 47.8 Å². The summed E-state index contributed by atoms with van der Waals surface area (Å²) in [7, 11) is 0. The van der Waals surface area contributed by atoms with Crippen molar-refractivity contribution in [2.45, 2.75) is 34.2 Å². The molecule has 4 rings (SSSR count). The standard InChI is InChI=1S/C26H24N2O2S/c1-5-28-24-12-10-19(17(3)27-31-18(4)29)14-22(24)23-15-20(11-13-25(23)28)26(30)21-9-7-6-8-16(21)2/h6-15H,5H2,1-4H3/b27-17-. The van der Waals surface area contributed by atoms with E-state index < -0.39 is 0 Å². The van der Waals surface area contributed by atoms with Crippen molar-refractivity contribution < 1.29 is 9.59 Å². The van der Waals surface area contributed by atoms with Gasteiger partial charge in [-0.3, -0.25) is 9.59 Å². The van der Waals surface area contributed by atoms with Crippen molar-refractivity contribution in [3.8, 4) is 0 Å². The highest BCUT2D eigenvalue weighted by Crippen LogP contribution is 2.32. The van der Waals surface area contributed by atoms with Gasteiger partial charge in [-0.25, -0.2) is 4.40 Å². The average molecular weight is 429 g/mol. The molecule has 0 aliphatic rings. The molecule has 0 radical (unpaired) electrons. The molecule has 31 heavy (non-hydrogen) atoms. The monoisotopic (exact) mass is 428 g/mol. The van der Waals surface area contributed by atoms with Gasteiger partial charge in [0.15, 0.2) is 5.78 Å². The number of benzene rings is 3. The Labute approximate surface area is 186 Å². The molecule has 0 atom stereocenters. The third-order valence-electron chi connectivity index (χ3n) is 5.56. The zero-order valence-corrected chi connectivity index (χ0v) is 18.9. The van der Waals surface area contributed by atoms with E-state index in [1.54, 1.807) is 0 Å². The predicted molar refractivity (Wildman–Crippen MR) is 130 cm³/mol. The van der Waals surface area contributed by atoms with Gasteiger partial charge in [-0.15, -0.1) is 0 Å². The SMILES string of the molecule is CCn1c2ccc(C(=O)c3ccccc3C)cc2c2cc(/C(C)=N\SC(C)=O)ccc21. The van der Waals surface area contributed by atoms with E-state index in [2.05, 4.69) is 28.0 Å². The Kier molecular flexibility index (Phi) is 5.79. The second-order valence-corrected chi connectivity index (χ2v) is 8.55. The molecule has 3 aromatic carbocycles. The summed E-state index contributed by atoms with van der Waals surface area (Å²) < 4.78 is 6.58. The van der Waals surface area contributed by atoms with Gasteiger partial charge < -0.3 is 4.57 Å². The number of rotatable bonds is 5. The summed E-state index contributed by atoms with van der Waals surface area (Å²) >= 11 is 0.957. The number of fused-ring (bicyclic) bond motifs is 3. The average Bonchev–Trinajstić information content (AvgIpc) is 3.09. The van der Waals surface area contributed by atoms with Crippen molar-refractivity contribution in [2.24, 2.45) is 4.40 Å². The van der Waals surface area contributed by atoms with Gasteiger partial charge in [0.1, 0.15) is 0 Å². The molecular weight excluding hydrogens is 404 g/mol. The van der Waals surface area contributed by atoms with Gasteiger partial charge in [-0.2, -0.15) is 0 Å². The summed E-state index contributed by atoms with van der Waals surface area (Å²) in [5.74, 6) is 0.0316. The van der Waals surface area contributed by atoms with Crippen LogP contribution in [0.25, 0.3) is 21.8 Å². The maximum atomic E-state index is 13.2. The Balaban J connectivity index is 1.89. The maximum Gasteiger partial charge on any atom is 0.207 e. The number of hydrogen-bond acceptors (Lipinski definition) is 4. The predicted octanol–water partition coefficient (Wildman–Crippen LogP) is 6.36. The lowest BCUT2D eigenvalue weighted by atomic mass is 9.97. The Hall–Kier alpha value is -3.18. The molecule has 0 spiro atoms. The van der Waals surface area contributed by atoms with Gasteiger partial charge in [-0.1, -0.05) is 30.3 Å². The largest absolute Gasteiger partial charge is 0.341 e. The lowest BCUT2D eigenvalue weighted by Crippen LogP contribution is -2.03. The Morgan fingerprint density at radius 1 is 0.903 bits per heavy atom. The maximum absolute atomic E-state index is 13.2. The van der Waals surface area contributed by atoms with E-state index in [0.717, 1.165) is 62.7 Å². The number of carbonyl (C=O) groups excluding carboxylic acids is 2. The topological polar surface area (TPSA) is 51.4 Å². The molecule has 4 aromatic rings. The van der Waals surface area contributed by atoms with Crippen LogP contribution in [0.15, 0.2) is 65.1 Å². The summed E-state index contributed by atoms with van der Waals surface area (Å²) in [5, 5.41) is 2.09. The van der Waals surface area contributed by atoms with Crippen molar-refractivity contribution in [3.05, 3.63) is 82.9 Å². The number of nitrogens with zero attached hydrogens (tertiary/aromatic N) is 2. The minimum atomic E-state index is -0.0395. The van der Waals surface area contributed by atoms with Crippen molar-refractivity contribution in [1.29, 1.82) is 0 Å². The minimum Gasteiger partial charge on any atom is -0.341 e. The molecule has 4 nitrogen and oxygen atoms in total. The number of ketones is 1. The molecule has 5 heteroatoms. The summed E-state index contributed by atoms with van der Waals surface area (Å²) in [6.07, 6.45) is 0. The van der Waals surface area contributed by atoms with E-state index in [-0.39, 0.29) is 10.9 Å². The molecule has 0 saturated heterocycles.